The van der Waals surface area contributed by atoms with Gasteiger partial charge in [0.2, 0.25) is 0 Å². The second-order valence-corrected chi connectivity index (χ2v) is 4.71. The van der Waals surface area contributed by atoms with Gasteiger partial charge >= 0.3 is 0 Å². The monoisotopic (exact) mass is 180 g/mol. The van der Waals surface area contributed by atoms with Crippen LogP contribution in [0.4, 0.5) is 0 Å². The van der Waals surface area contributed by atoms with Gasteiger partial charge in [-0.1, -0.05) is 6.92 Å². The average Bonchev–Trinajstić information content (AvgIpc) is 1.86. The van der Waals surface area contributed by atoms with E-state index in [2.05, 4.69) is 0 Å². The Kier molecular flexibility index (Phi) is 2.51. The van der Waals surface area contributed by atoms with Crippen LogP contribution in [0.2, 0.25) is 0 Å². The molecule has 0 spiro atoms. The maximum atomic E-state index is 10.6. The summed E-state index contributed by atoms with van der Waals surface area (Å²) < 4.78 is 34.8. The van der Waals surface area contributed by atoms with Crippen molar-refractivity contribution >= 4 is 10.1 Å². The van der Waals surface area contributed by atoms with Gasteiger partial charge in [0.15, 0.2) is 0 Å². The Labute approximate surface area is 66.3 Å². The molecule has 0 aromatic carbocycles. The summed E-state index contributed by atoms with van der Waals surface area (Å²) in [5.74, 6) is 0.218. The minimum atomic E-state index is -3.88. The lowest BCUT2D eigenvalue weighted by Gasteiger charge is -2.24. The minimum absolute atomic E-state index is 0.128. The molecule has 0 amide bonds. The Bertz CT molecular complexity index is 221. The molecule has 4 nitrogen and oxygen atoms in total. The number of ether oxygens (including phenoxy) is 1. The standard InChI is InChI=1S/C6H12O4S/c1-5-2-6(4-10-3-5)11(7,8)9/h5-6H,2-4H2,1H3,(H,7,8,9). The molecule has 0 saturated carbocycles. The summed E-state index contributed by atoms with van der Waals surface area (Å²) in [4.78, 5) is 0. The van der Waals surface area contributed by atoms with E-state index in [1.165, 1.54) is 0 Å². The number of hydrogen-bond acceptors (Lipinski definition) is 3. The Morgan fingerprint density at radius 2 is 2.09 bits per heavy atom. The highest BCUT2D eigenvalue weighted by Crippen LogP contribution is 2.18. The second-order valence-electron chi connectivity index (χ2n) is 3.02. The maximum absolute atomic E-state index is 10.6. The molecule has 66 valence electrons. The molecule has 0 aromatic heterocycles. The van der Waals surface area contributed by atoms with Crippen molar-refractivity contribution in [3.8, 4) is 0 Å². The molecule has 1 fully saturated rings. The molecule has 0 aromatic rings. The first-order valence-corrected chi connectivity index (χ1v) is 5.04. The van der Waals surface area contributed by atoms with E-state index in [-0.39, 0.29) is 12.5 Å². The third kappa shape index (κ3) is 2.43. The summed E-state index contributed by atoms with van der Waals surface area (Å²) in [6, 6.07) is 0. The first-order chi connectivity index (χ1) is 5.00. The molecule has 1 N–H and O–H groups in total. The summed E-state index contributed by atoms with van der Waals surface area (Å²) in [6.07, 6.45) is 0.499. The van der Waals surface area contributed by atoms with Crippen LogP contribution in [0.1, 0.15) is 13.3 Å². The summed E-state index contributed by atoms with van der Waals surface area (Å²) >= 11 is 0. The van der Waals surface area contributed by atoms with E-state index in [0.29, 0.717) is 13.0 Å². The molecule has 0 aliphatic carbocycles. The van der Waals surface area contributed by atoms with Crippen LogP contribution in [-0.4, -0.2) is 31.4 Å². The smallest absolute Gasteiger partial charge is 0.270 e. The largest absolute Gasteiger partial charge is 0.380 e. The molecule has 2 unspecified atom stereocenters. The zero-order valence-corrected chi connectivity index (χ0v) is 7.17. The molecular formula is C6H12O4S. The van der Waals surface area contributed by atoms with Gasteiger partial charge in [-0.15, -0.1) is 0 Å². The van der Waals surface area contributed by atoms with Gasteiger partial charge < -0.3 is 4.74 Å². The van der Waals surface area contributed by atoms with Gasteiger partial charge in [-0.3, -0.25) is 4.55 Å². The summed E-state index contributed by atoms with van der Waals surface area (Å²) in [6.45, 7) is 2.62. The molecule has 0 bridgehead atoms. The SMILES string of the molecule is CC1COCC(S(=O)(=O)O)C1. The molecule has 0 radical (unpaired) electrons. The van der Waals surface area contributed by atoms with Crippen LogP contribution in [0, 0.1) is 5.92 Å². The van der Waals surface area contributed by atoms with Gasteiger partial charge in [0, 0.05) is 6.61 Å². The van der Waals surface area contributed by atoms with Gasteiger partial charge in [-0.2, -0.15) is 8.42 Å². The number of rotatable bonds is 1. The topological polar surface area (TPSA) is 63.6 Å². The average molecular weight is 180 g/mol. The van der Waals surface area contributed by atoms with Crippen LogP contribution in [-0.2, 0) is 14.9 Å². The zero-order chi connectivity index (χ0) is 8.48. The van der Waals surface area contributed by atoms with E-state index in [1.807, 2.05) is 6.92 Å². The lowest BCUT2D eigenvalue weighted by molar-refractivity contribution is 0.0622. The van der Waals surface area contributed by atoms with Crippen LogP contribution in [0.5, 0.6) is 0 Å². The molecular weight excluding hydrogens is 168 g/mol. The zero-order valence-electron chi connectivity index (χ0n) is 6.36. The van der Waals surface area contributed by atoms with Gasteiger partial charge in [-0.25, -0.2) is 0 Å². The Morgan fingerprint density at radius 1 is 1.45 bits per heavy atom. The lowest BCUT2D eigenvalue weighted by Crippen LogP contribution is -2.34. The highest BCUT2D eigenvalue weighted by atomic mass is 32.2. The predicted octanol–water partition coefficient (Wildman–Crippen LogP) is 0.299. The van der Waals surface area contributed by atoms with Gasteiger partial charge in [0.25, 0.3) is 10.1 Å². The third-order valence-electron chi connectivity index (χ3n) is 1.79. The molecule has 1 aliphatic rings. The first-order valence-electron chi connectivity index (χ1n) is 3.54. The van der Waals surface area contributed by atoms with Crippen molar-refractivity contribution in [2.75, 3.05) is 13.2 Å². The predicted molar refractivity (Wildman–Crippen MR) is 39.9 cm³/mol. The summed E-state index contributed by atoms with van der Waals surface area (Å²) in [5, 5.41) is -0.716. The Balaban J connectivity index is 2.60. The van der Waals surface area contributed by atoms with Crippen LogP contribution < -0.4 is 0 Å². The van der Waals surface area contributed by atoms with Crippen molar-refractivity contribution in [1.82, 2.24) is 0 Å². The van der Waals surface area contributed by atoms with Crippen molar-refractivity contribution in [3.63, 3.8) is 0 Å². The molecule has 1 rings (SSSR count). The van der Waals surface area contributed by atoms with Crippen LogP contribution in [0.15, 0.2) is 0 Å². The van der Waals surface area contributed by atoms with Gasteiger partial charge in [-0.05, 0) is 12.3 Å². The highest BCUT2D eigenvalue weighted by Gasteiger charge is 2.28. The molecule has 1 heterocycles. The molecule has 2 atom stereocenters. The van der Waals surface area contributed by atoms with Crippen molar-refractivity contribution in [2.24, 2.45) is 5.92 Å². The van der Waals surface area contributed by atoms with Crippen LogP contribution in [0.3, 0.4) is 0 Å². The summed E-state index contributed by atoms with van der Waals surface area (Å²) in [7, 11) is -3.88. The van der Waals surface area contributed by atoms with Crippen molar-refractivity contribution < 1.29 is 17.7 Å². The fourth-order valence-corrected chi connectivity index (χ4v) is 2.03. The van der Waals surface area contributed by atoms with Gasteiger partial charge in [0.05, 0.1) is 6.61 Å². The minimum Gasteiger partial charge on any atom is -0.380 e. The van der Waals surface area contributed by atoms with E-state index in [1.54, 1.807) is 0 Å². The molecule has 1 saturated heterocycles. The third-order valence-corrected chi connectivity index (χ3v) is 2.96. The van der Waals surface area contributed by atoms with Crippen molar-refractivity contribution in [3.05, 3.63) is 0 Å². The Hall–Kier alpha value is -0.130. The van der Waals surface area contributed by atoms with E-state index in [4.69, 9.17) is 9.29 Å². The van der Waals surface area contributed by atoms with Crippen molar-refractivity contribution in [1.29, 1.82) is 0 Å². The lowest BCUT2D eigenvalue weighted by atomic mass is 10.1. The quantitative estimate of drug-likeness (QED) is 0.589. The van der Waals surface area contributed by atoms with Crippen molar-refractivity contribution in [2.45, 2.75) is 18.6 Å². The molecule has 5 heteroatoms. The van der Waals surface area contributed by atoms with E-state index >= 15 is 0 Å². The highest BCUT2D eigenvalue weighted by molar-refractivity contribution is 7.86. The van der Waals surface area contributed by atoms with E-state index < -0.39 is 15.4 Å². The first kappa shape index (κ1) is 8.96. The molecule has 11 heavy (non-hydrogen) atoms. The van der Waals surface area contributed by atoms with E-state index in [0.717, 1.165) is 0 Å². The maximum Gasteiger partial charge on any atom is 0.270 e. The van der Waals surface area contributed by atoms with Gasteiger partial charge in [0.1, 0.15) is 5.25 Å². The normalized spacial score (nSPS) is 33.6. The number of hydrogen-bond donors (Lipinski definition) is 1. The molecule has 1 aliphatic heterocycles. The van der Waals surface area contributed by atoms with E-state index in [9.17, 15) is 8.42 Å². The Morgan fingerprint density at radius 3 is 2.45 bits per heavy atom. The fourth-order valence-electron chi connectivity index (χ4n) is 1.19. The fraction of sp³-hybridized carbons (Fsp3) is 1.00. The second kappa shape index (κ2) is 3.08. The van der Waals surface area contributed by atoms with Crippen LogP contribution >= 0.6 is 0 Å². The van der Waals surface area contributed by atoms with Crippen LogP contribution in [0.25, 0.3) is 0 Å². The summed E-state index contributed by atoms with van der Waals surface area (Å²) in [5.41, 5.74) is 0.